The van der Waals surface area contributed by atoms with Gasteiger partial charge in [0.1, 0.15) is 6.33 Å². The number of H-pyrrole nitrogens is 1. The summed E-state index contributed by atoms with van der Waals surface area (Å²) in [4.78, 5) is 26.4. The van der Waals surface area contributed by atoms with E-state index in [0.29, 0.717) is 5.92 Å². The third-order valence-corrected chi connectivity index (χ3v) is 7.39. The van der Waals surface area contributed by atoms with Gasteiger partial charge in [-0.25, -0.2) is 14.8 Å². The molecule has 7 heteroatoms. The van der Waals surface area contributed by atoms with Crippen LogP contribution in [0.5, 0.6) is 0 Å². The second-order valence-corrected chi connectivity index (χ2v) is 8.86. The molecule has 0 spiro atoms. The molecular formula is C23H29N5O2. The molecule has 1 aromatic carbocycles. The first kappa shape index (κ1) is 19.5. The van der Waals surface area contributed by atoms with E-state index in [0.717, 1.165) is 62.6 Å². The number of nitrogens with zero attached hydrogens (tertiary/aromatic N) is 4. The minimum atomic E-state index is -0.137. The minimum absolute atomic E-state index is 0.0166. The Morgan fingerprint density at radius 1 is 1.07 bits per heavy atom. The van der Waals surface area contributed by atoms with Gasteiger partial charge in [0, 0.05) is 37.1 Å². The molecule has 1 aliphatic heterocycles. The molecule has 3 heterocycles. The number of aromatic nitrogens is 4. The summed E-state index contributed by atoms with van der Waals surface area (Å²) in [6, 6.07) is 8.12. The predicted molar refractivity (Wildman–Crippen MR) is 115 cm³/mol. The fourth-order valence-electron chi connectivity index (χ4n) is 5.62. The lowest BCUT2D eigenvalue weighted by Gasteiger charge is -2.49. The first-order valence-corrected chi connectivity index (χ1v) is 11.0. The van der Waals surface area contributed by atoms with Crippen LogP contribution in [0.2, 0.25) is 0 Å². The van der Waals surface area contributed by atoms with Gasteiger partial charge in [0.25, 0.3) is 0 Å². The van der Waals surface area contributed by atoms with E-state index in [4.69, 9.17) is 0 Å². The van der Waals surface area contributed by atoms with E-state index in [1.165, 1.54) is 5.56 Å². The Kier molecular flexibility index (Phi) is 5.16. The Bertz CT molecular complexity index is 1040. The topological polar surface area (TPSA) is 87.0 Å². The smallest absolute Gasteiger partial charge is 0.326 e. The van der Waals surface area contributed by atoms with Crippen LogP contribution in [0.3, 0.4) is 0 Å². The third kappa shape index (κ3) is 3.36. The molecule has 2 aliphatic rings. The van der Waals surface area contributed by atoms with Crippen LogP contribution >= 0.6 is 0 Å². The molecule has 2 N–H and O–H groups in total. The van der Waals surface area contributed by atoms with Gasteiger partial charge < -0.3 is 10.1 Å². The zero-order valence-corrected chi connectivity index (χ0v) is 17.2. The van der Waals surface area contributed by atoms with Gasteiger partial charge in [0.2, 0.25) is 0 Å². The van der Waals surface area contributed by atoms with Gasteiger partial charge in [-0.1, -0.05) is 12.1 Å². The van der Waals surface area contributed by atoms with E-state index >= 15 is 0 Å². The number of hydrogen-bond acceptors (Lipinski definition) is 5. The standard InChI is InChI=1S/C23H29N5O2/c29-15-23(9-5-17(6-10-23)18-13-24-16-25-14-18)27-11-7-19(8-12-27)28-21-4-2-1-3-20(21)26-22(28)30/h1-4,13-14,16-17,19,29H,5-12,15H2,(H,26,30). The molecular weight excluding hydrogens is 378 g/mol. The molecule has 1 saturated carbocycles. The summed E-state index contributed by atoms with van der Waals surface area (Å²) in [6.07, 6.45) is 11.4. The van der Waals surface area contributed by atoms with E-state index < -0.39 is 0 Å². The normalized spacial score (nSPS) is 26.2. The van der Waals surface area contributed by atoms with Crippen LogP contribution in [0.4, 0.5) is 0 Å². The first-order valence-electron chi connectivity index (χ1n) is 11.0. The van der Waals surface area contributed by atoms with Crippen molar-refractivity contribution in [3.05, 3.63) is 59.0 Å². The van der Waals surface area contributed by atoms with Crippen molar-refractivity contribution < 1.29 is 5.11 Å². The molecule has 2 aromatic heterocycles. The Morgan fingerprint density at radius 3 is 2.47 bits per heavy atom. The predicted octanol–water partition coefficient (Wildman–Crippen LogP) is 2.85. The first-order chi connectivity index (χ1) is 14.7. The second kappa shape index (κ2) is 7.96. The van der Waals surface area contributed by atoms with Crippen LogP contribution in [-0.2, 0) is 0 Å². The Balaban J connectivity index is 1.27. The number of imidazole rings is 1. The molecule has 3 aromatic rings. The minimum Gasteiger partial charge on any atom is -0.394 e. The summed E-state index contributed by atoms with van der Waals surface area (Å²) in [7, 11) is 0. The van der Waals surface area contributed by atoms with E-state index in [1.54, 1.807) is 6.33 Å². The lowest BCUT2D eigenvalue weighted by atomic mass is 9.73. The van der Waals surface area contributed by atoms with Crippen LogP contribution < -0.4 is 5.69 Å². The monoisotopic (exact) mass is 407 g/mol. The van der Waals surface area contributed by atoms with Gasteiger partial charge in [-0.3, -0.25) is 9.47 Å². The summed E-state index contributed by atoms with van der Waals surface area (Å²) < 4.78 is 1.94. The van der Waals surface area contributed by atoms with Crippen molar-refractivity contribution in [3.63, 3.8) is 0 Å². The highest BCUT2D eigenvalue weighted by Crippen LogP contribution is 2.42. The number of benzene rings is 1. The maximum absolute atomic E-state index is 12.6. The number of nitrogens with one attached hydrogen (secondary N) is 1. The van der Waals surface area contributed by atoms with Gasteiger partial charge in [-0.15, -0.1) is 0 Å². The number of rotatable bonds is 4. The molecule has 0 amide bonds. The number of aliphatic hydroxyl groups is 1. The van der Waals surface area contributed by atoms with E-state index in [1.807, 2.05) is 41.2 Å². The Morgan fingerprint density at radius 2 is 1.77 bits per heavy atom. The third-order valence-electron chi connectivity index (χ3n) is 7.39. The van der Waals surface area contributed by atoms with Gasteiger partial charge in [0.05, 0.1) is 17.6 Å². The van der Waals surface area contributed by atoms with Crippen molar-refractivity contribution in [2.75, 3.05) is 19.7 Å². The van der Waals surface area contributed by atoms with E-state index in [9.17, 15) is 9.90 Å². The van der Waals surface area contributed by atoms with Crippen molar-refractivity contribution in [1.82, 2.24) is 24.4 Å². The van der Waals surface area contributed by atoms with Crippen LogP contribution in [0.15, 0.2) is 47.8 Å². The largest absolute Gasteiger partial charge is 0.394 e. The van der Waals surface area contributed by atoms with Crippen LogP contribution in [0.25, 0.3) is 11.0 Å². The molecule has 2 fully saturated rings. The van der Waals surface area contributed by atoms with Gasteiger partial charge >= 0.3 is 5.69 Å². The molecule has 30 heavy (non-hydrogen) atoms. The molecule has 0 unspecified atom stereocenters. The van der Waals surface area contributed by atoms with E-state index in [2.05, 4.69) is 19.9 Å². The van der Waals surface area contributed by atoms with Crippen molar-refractivity contribution in [2.24, 2.45) is 0 Å². The number of piperidine rings is 1. The number of para-hydroxylation sites is 2. The number of hydrogen-bond donors (Lipinski definition) is 2. The summed E-state index contributed by atoms with van der Waals surface area (Å²) in [5, 5.41) is 10.4. The Hall–Kier alpha value is -2.51. The summed E-state index contributed by atoms with van der Waals surface area (Å²) >= 11 is 0. The van der Waals surface area contributed by atoms with Crippen LogP contribution in [0, 0.1) is 0 Å². The fourth-order valence-corrected chi connectivity index (χ4v) is 5.62. The van der Waals surface area contributed by atoms with Gasteiger partial charge in [-0.05, 0) is 62.1 Å². The summed E-state index contributed by atoms with van der Waals surface area (Å²) in [5.74, 6) is 0.480. The molecule has 1 aliphatic carbocycles. The highest BCUT2D eigenvalue weighted by molar-refractivity contribution is 5.75. The average molecular weight is 408 g/mol. The Labute approximate surface area is 175 Å². The number of likely N-dealkylation sites (tertiary alicyclic amines) is 1. The number of aliphatic hydroxyl groups excluding tert-OH is 1. The molecule has 5 rings (SSSR count). The SMILES string of the molecule is O=c1[nH]c2ccccc2n1C1CCN(C2(CO)CCC(c3cncnc3)CC2)CC1. The molecule has 158 valence electrons. The van der Waals surface area contributed by atoms with E-state index in [-0.39, 0.29) is 23.9 Å². The average Bonchev–Trinajstić information content (AvgIpc) is 3.15. The maximum atomic E-state index is 12.6. The zero-order valence-electron chi connectivity index (χ0n) is 17.2. The quantitative estimate of drug-likeness (QED) is 0.694. The molecule has 7 nitrogen and oxygen atoms in total. The van der Waals surface area contributed by atoms with Crippen molar-refractivity contribution >= 4 is 11.0 Å². The highest BCUT2D eigenvalue weighted by atomic mass is 16.3. The van der Waals surface area contributed by atoms with Crippen molar-refractivity contribution in [1.29, 1.82) is 0 Å². The molecule has 1 saturated heterocycles. The fraction of sp³-hybridized carbons (Fsp3) is 0.522. The lowest BCUT2D eigenvalue weighted by molar-refractivity contribution is -0.0211. The van der Waals surface area contributed by atoms with Crippen LogP contribution in [-0.4, -0.2) is 54.8 Å². The van der Waals surface area contributed by atoms with Gasteiger partial charge in [0.15, 0.2) is 0 Å². The summed E-state index contributed by atoms with van der Waals surface area (Å²) in [5.41, 5.74) is 2.95. The number of aromatic amines is 1. The van der Waals surface area contributed by atoms with Crippen LogP contribution in [0.1, 0.15) is 56.0 Å². The maximum Gasteiger partial charge on any atom is 0.326 e. The summed E-state index contributed by atoms with van der Waals surface area (Å²) in [6.45, 7) is 2.02. The van der Waals surface area contributed by atoms with Gasteiger partial charge in [-0.2, -0.15) is 0 Å². The molecule has 0 radical (unpaired) electrons. The zero-order chi connectivity index (χ0) is 20.6. The van der Waals surface area contributed by atoms with Crippen molar-refractivity contribution in [3.8, 4) is 0 Å². The van der Waals surface area contributed by atoms with Crippen molar-refractivity contribution in [2.45, 2.75) is 56.0 Å². The molecule has 0 atom stereocenters. The molecule has 0 bridgehead atoms. The number of fused-ring (bicyclic) bond motifs is 1. The highest BCUT2D eigenvalue weighted by Gasteiger charge is 2.42. The second-order valence-electron chi connectivity index (χ2n) is 8.86. The lowest BCUT2D eigenvalue weighted by Crippen LogP contribution is -2.56.